The Balaban J connectivity index is 1.89. The van der Waals surface area contributed by atoms with Crippen LogP contribution in [0, 0.1) is 0 Å². The van der Waals surface area contributed by atoms with Crippen LogP contribution in [0.1, 0.15) is 17.4 Å². The maximum atomic E-state index is 12.2. The van der Waals surface area contributed by atoms with E-state index in [0.29, 0.717) is 24.5 Å². The molecule has 0 aliphatic rings. The largest absolute Gasteiger partial charge is 0.396 e. The lowest BCUT2D eigenvalue weighted by atomic mass is 10.3. The summed E-state index contributed by atoms with van der Waals surface area (Å²) in [5, 5.41) is 6.95. The van der Waals surface area contributed by atoms with Gasteiger partial charge in [-0.15, -0.1) is 0 Å². The lowest BCUT2D eigenvalue weighted by Gasteiger charge is -2.19. The van der Waals surface area contributed by atoms with Crippen molar-refractivity contribution in [1.82, 2.24) is 15.1 Å². The minimum Gasteiger partial charge on any atom is -0.396 e. The van der Waals surface area contributed by atoms with Crippen molar-refractivity contribution in [3.63, 3.8) is 0 Å². The third-order valence-corrected chi connectivity index (χ3v) is 3.31. The molecular formula is C15H21N5O. The number of carbonyl (C=O) groups is 1. The number of likely N-dealkylation sites (N-methyl/N-ethyl adjacent to an activating group) is 1. The first kappa shape index (κ1) is 14.9. The molecule has 6 heteroatoms. The van der Waals surface area contributed by atoms with Gasteiger partial charge in [-0.05, 0) is 19.1 Å². The number of carbonyl (C=O) groups excluding carboxylic acids is 1. The fourth-order valence-electron chi connectivity index (χ4n) is 2.12. The van der Waals surface area contributed by atoms with Gasteiger partial charge in [0, 0.05) is 32.4 Å². The number of anilines is 2. The van der Waals surface area contributed by atoms with Crippen molar-refractivity contribution in [3.05, 3.63) is 42.2 Å². The van der Waals surface area contributed by atoms with Crippen LogP contribution in [0.4, 0.5) is 11.4 Å². The number of para-hydroxylation sites is 1. The molecule has 1 heterocycles. The molecule has 0 aliphatic carbocycles. The van der Waals surface area contributed by atoms with Gasteiger partial charge in [0.05, 0.1) is 11.9 Å². The van der Waals surface area contributed by atoms with E-state index >= 15 is 0 Å². The van der Waals surface area contributed by atoms with Crippen LogP contribution in [-0.2, 0) is 6.54 Å². The molecule has 0 saturated heterocycles. The molecule has 3 N–H and O–H groups in total. The van der Waals surface area contributed by atoms with E-state index in [-0.39, 0.29) is 5.91 Å². The Morgan fingerprint density at radius 3 is 2.76 bits per heavy atom. The van der Waals surface area contributed by atoms with Gasteiger partial charge in [0.15, 0.2) is 0 Å². The van der Waals surface area contributed by atoms with E-state index in [4.69, 9.17) is 5.73 Å². The van der Waals surface area contributed by atoms with E-state index < -0.39 is 0 Å². The molecule has 0 fully saturated rings. The predicted molar refractivity (Wildman–Crippen MR) is 84.4 cm³/mol. The van der Waals surface area contributed by atoms with Crippen LogP contribution >= 0.6 is 0 Å². The summed E-state index contributed by atoms with van der Waals surface area (Å²) >= 11 is 0. The Morgan fingerprint density at radius 1 is 1.38 bits per heavy atom. The lowest BCUT2D eigenvalue weighted by molar-refractivity contribution is 0.0945. The van der Waals surface area contributed by atoms with Crippen LogP contribution in [-0.4, -0.2) is 35.8 Å². The lowest BCUT2D eigenvalue weighted by Crippen LogP contribution is -2.34. The number of rotatable bonds is 6. The highest BCUT2D eigenvalue weighted by Gasteiger charge is 2.15. The fourth-order valence-corrected chi connectivity index (χ4v) is 2.12. The van der Waals surface area contributed by atoms with Crippen LogP contribution in [0.15, 0.2) is 36.5 Å². The number of nitrogens with zero attached hydrogens (tertiary/aromatic N) is 3. The van der Waals surface area contributed by atoms with Crippen LogP contribution < -0.4 is 16.0 Å². The van der Waals surface area contributed by atoms with Gasteiger partial charge in [0.1, 0.15) is 5.69 Å². The maximum absolute atomic E-state index is 12.2. The summed E-state index contributed by atoms with van der Waals surface area (Å²) in [6.45, 7) is 3.80. The third-order valence-electron chi connectivity index (χ3n) is 3.31. The molecular weight excluding hydrogens is 266 g/mol. The first-order chi connectivity index (χ1) is 10.1. The molecule has 112 valence electrons. The molecule has 0 saturated carbocycles. The predicted octanol–water partition coefficient (Wildman–Crippen LogP) is 1.35. The molecule has 0 spiro atoms. The average molecular weight is 287 g/mol. The number of benzene rings is 1. The van der Waals surface area contributed by atoms with Gasteiger partial charge < -0.3 is 16.0 Å². The van der Waals surface area contributed by atoms with Gasteiger partial charge in [-0.2, -0.15) is 5.10 Å². The zero-order valence-corrected chi connectivity index (χ0v) is 12.4. The first-order valence-corrected chi connectivity index (χ1v) is 6.99. The summed E-state index contributed by atoms with van der Waals surface area (Å²) in [4.78, 5) is 14.2. The van der Waals surface area contributed by atoms with Gasteiger partial charge in [0.25, 0.3) is 5.91 Å². The quantitative estimate of drug-likeness (QED) is 0.841. The molecule has 1 amide bonds. The first-order valence-electron chi connectivity index (χ1n) is 6.99. The maximum Gasteiger partial charge on any atom is 0.271 e. The number of aromatic nitrogens is 2. The number of nitrogens with one attached hydrogen (secondary N) is 1. The molecule has 0 atom stereocenters. The molecule has 1 aromatic heterocycles. The second-order valence-electron chi connectivity index (χ2n) is 4.78. The molecule has 21 heavy (non-hydrogen) atoms. The van der Waals surface area contributed by atoms with Gasteiger partial charge in [0.2, 0.25) is 0 Å². The zero-order chi connectivity index (χ0) is 15.2. The van der Waals surface area contributed by atoms with Crippen molar-refractivity contribution >= 4 is 17.3 Å². The van der Waals surface area contributed by atoms with Crippen molar-refractivity contribution < 1.29 is 4.79 Å². The molecule has 6 nitrogen and oxygen atoms in total. The topological polar surface area (TPSA) is 76.2 Å². The Hall–Kier alpha value is -2.50. The standard InChI is InChI=1S/C15H21N5O/c1-3-20-14(13(16)11-18-20)15(21)17-9-10-19(2)12-7-5-4-6-8-12/h4-8,11H,3,9-10,16H2,1-2H3,(H,17,21). The summed E-state index contributed by atoms with van der Waals surface area (Å²) in [7, 11) is 1.99. The van der Waals surface area contributed by atoms with Crippen LogP contribution in [0.2, 0.25) is 0 Å². The highest BCUT2D eigenvalue weighted by Crippen LogP contribution is 2.11. The fraction of sp³-hybridized carbons (Fsp3) is 0.333. The highest BCUT2D eigenvalue weighted by atomic mass is 16.2. The molecule has 0 radical (unpaired) electrons. The summed E-state index contributed by atoms with van der Waals surface area (Å²) in [6, 6.07) is 10.0. The number of aryl methyl sites for hydroxylation is 1. The Kier molecular flexibility index (Phi) is 4.81. The van der Waals surface area contributed by atoms with E-state index in [0.717, 1.165) is 12.2 Å². The molecule has 2 aromatic rings. The van der Waals surface area contributed by atoms with Gasteiger partial charge in [-0.25, -0.2) is 0 Å². The van der Waals surface area contributed by atoms with Gasteiger partial charge >= 0.3 is 0 Å². The normalized spacial score (nSPS) is 10.4. The minimum absolute atomic E-state index is 0.187. The monoisotopic (exact) mass is 287 g/mol. The van der Waals surface area contributed by atoms with E-state index in [9.17, 15) is 4.79 Å². The molecule has 0 aliphatic heterocycles. The van der Waals surface area contributed by atoms with Crippen molar-refractivity contribution in [3.8, 4) is 0 Å². The Morgan fingerprint density at radius 2 is 2.10 bits per heavy atom. The summed E-state index contributed by atoms with van der Waals surface area (Å²) in [5.74, 6) is -0.187. The van der Waals surface area contributed by atoms with Gasteiger partial charge in [-0.3, -0.25) is 9.48 Å². The number of hydrogen-bond acceptors (Lipinski definition) is 4. The van der Waals surface area contributed by atoms with E-state index in [1.165, 1.54) is 6.20 Å². The zero-order valence-electron chi connectivity index (χ0n) is 12.4. The van der Waals surface area contributed by atoms with E-state index in [1.54, 1.807) is 4.68 Å². The molecule has 0 unspecified atom stereocenters. The summed E-state index contributed by atoms with van der Waals surface area (Å²) in [6.07, 6.45) is 1.51. The number of nitrogens with two attached hydrogens (primary N) is 1. The smallest absolute Gasteiger partial charge is 0.271 e. The van der Waals surface area contributed by atoms with E-state index in [1.807, 2.05) is 44.3 Å². The molecule has 2 rings (SSSR count). The number of nitrogen functional groups attached to an aromatic ring is 1. The molecule has 1 aromatic carbocycles. The highest BCUT2D eigenvalue weighted by molar-refractivity contribution is 5.97. The van der Waals surface area contributed by atoms with Gasteiger partial charge in [-0.1, -0.05) is 18.2 Å². The second-order valence-corrected chi connectivity index (χ2v) is 4.78. The van der Waals surface area contributed by atoms with Crippen LogP contribution in [0.5, 0.6) is 0 Å². The Bertz CT molecular complexity index is 593. The number of hydrogen-bond donors (Lipinski definition) is 2. The SMILES string of the molecule is CCn1ncc(N)c1C(=O)NCCN(C)c1ccccc1. The van der Waals surface area contributed by atoms with Crippen molar-refractivity contribution in [2.75, 3.05) is 30.8 Å². The van der Waals surface area contributed by atoms with Crippen molar-refractivity contribution in [2.45, 2.75) is 13.5 Å². The minimum atomic E-state index is -0.187. The van der Waals surface area contributed by atoms with Crippen molar-refractivity contribution in [2.24, 2.45) is 0 Å². The molecule has 0 bridgehead atoms. The van der Waals surface area contributed by atoms with Crippen LogP contribution in [0.3, 0.4) is 0 Å². The van der Waals surface area contributed by atoms with E-state index in [2.05, 4.69) is 15.3 Å². The Labute approximate surface area is 124 Å². The third kappa shape index (κ3) is 3.53. The number of amides is 1. The average Bonchev–Trinajstić information content (AvgIpc) is 2.89. The second kappa shape index (κ2) is 6.78. The van der Waals surface area contributed by atoms with Crippen LogP contribution in [0.25, 0.3) is 0 Å². The summed E-state index contributed by atoms with van der Waals surface area (Å²) < 4.78 is 1.60. The summed E-state index contributed by atoms with van der Waals surface area (Å²) in [5.41, 5.74) is 7.74. The van der Waals surface area contributed by atoms with Crippen molar-refractivity contribution in [1.29, 1.82) is 0 Å².